The summed E-state index contributed by atoms with van der Waals surface area (Å²) in [6, 6.07) is 8.12. The summed E-state index contributed by atoms with van der Waals surface area (Å²) in [5.41, 5.74) is 1.13. The minimum absolute atomic E-state index is 0.0811. The Balaban J connectivity index is 2.73. The highest BCUT2D eigenvalue weighted by atomic mass is 79.9. The predicted molar refractivity (Wildman–Crippen MR) is 73.6 cm³/mol. The van der Waals surface area contributed by atoms with E-state index in [0.29, 0.717) is 0 Å². The highest BCUT2D eigenvalue weighted by Crippen LogP contribution is 2.20. The number of hydrogen-bond acceptors (Lipinski definition) is 1. The first-order valence-corrected chi connectivity index (χ1v) is 7.18. The minimum atomic E-state index is -1.04. The van der Waals surface area contributed by atoms with E-state index in [1.165, 1.54) is 0 Å². The number of halogens is 1. The molecular weight excluding hydrogens is 286 g/mol. The Morgan fingerprint density at radius 1 is 1.38 bits per heavy atom. The molecule has 0 unspecified atom stereocenters. The van der Waals surface area contributed by atoms with E-state index >= 15 is 0 Å². The van der Waals surface area contributed by atoms with Crippen LogP contribution in [0, 0.1) is 0 Å². The molecule has 1 rings (SSSR count). The Morgan fingerprint density at radius 3 is 2.50 bits per heavy atom. The standard InChI is InChI=1S/C12H18BrNOS/c1-9(14-16(15)12(2,3)4)10-6-5-7-11(13)8-10/h5-9,14H,1-4H3/t9-,16-/m1/s1. The second-order valence-corrected chi connectivity index (χ2v) is 7.69. The summed E-state index contributed by atoms with van der Waals surface area (Å²) < 4.78 is 15.8. The second-order valence-electron chi connectivity index (χ2n) is 4.78. The molecule has 0 spiro atoms. The third-order valence-electron chi connectivity index (χ3n) is 2.19. The summed E-state index contributed by atoms with van der Waals surface area (Å²) in [5.74, 6) is 0. The van der Waals surface area contributed by atoms with Gasteiger partial charge in [0.15, 0.2) is 0 Å². The molecule has 0 aliphatic carbocycles. The van der Waals surface area contributed by atoms with E-state index in [0.717, 1.165) is 10.0 Å². The van der Waals surface area contributed by atoms with Crippen LogP contribution in [-0.2, 0) is 11.0 Å². The van der Waals surface area contributed by atoms with Gasteiger partial charge in [-0.15, -0.1) is 0 Å². The van der Waals surface area contributed by atoms with E-state index in [1.807, 2.05) is 52.0 Å². The number of benzene rings is 1. The molecule has 2 atom stereocenters. The molecule has 0 amide bonds. The third kappa shape index (κ3) is 4.00. The summed E-state index contributed by atoms with van der Waals surface area (Å²) in [5, 5.41) is 0. The van der Waals surface area contributed by atoms with Crippen molar-refractivity contribution in [2.45, 2.75) is 38.5 Å². The van der Waals surface area contributed by atoms with E-state index in [2.05, 4.69) is 20.7 Å². The molecule has 16 heavy (non-hydrogen) atoms. The summed E-state index contributed by atoms with van der Waals surface area (Å²) >= 11 is 3.43. The van der Waals surface area contributed by atoms with Gasteiger partial charge < -0.3 is 0 Å². The maximum Gasteiger partial charge on any atom is 0.0975 e. The fourth-order valence-corrected chi connectivity index (χ4v) is 2.41. The van der Waals surface area contributed by atoms with Gasteiger partial charge in [-0.2, -0.15) is 0 Å². The molecule has 0 saturated carbocycles. The quantitative estimate of drug-likeness (QED) is 0.909. The largest absolute Gasteiger partial charge is 0.242 e. The molecule has 0 fully saturated rings. The number of hydrogen-bond donors (Lipinski definition) is 1. The topological polar surface area (TPSA) is 29.1 Å². The van der Waals surface area contributed by atoms with Crippen molar-refractivity contribution in [3.8, 4) is 0 Å². The predicted octanol–water partition coefficient (Wildman–Crippen LogP) is 3.56. The van der Waals surface area contributed by atoms with Crippen LogP contribution in [0.5, 0.6) is 0 Å². The summed E-state index contributed by atoms with van der Waals surface area (Å²) in [6.07, 6.45) is 0. The molecule has 0 aliphatic rings. The molecular formula is C12H18BrNOS. The van der Waals surface area contributed by atoms with Crippen molar-refractivity contribution >= 4 is 26.9 Å². The van der Waals surface area contributed by atoms with Crippen molar-refractivity contribution in [3.63, 3.8) is 0 Å². The lowest BCUT2D eigenvalue weighted by Gasteiger charge is -2.22. The van der Waals surface area contributed by atoms with Crippen LogP contribution in [0.4, 0.5) is 0 Å². The maximum absolute atomic E-state index is 11.9. The van der Waals surface area contributed by atoms with Crippen molar-refractivity contribution in [3.05, 3.63) is 34.3 Å². The average molecular weight is 304 g/mol. The van der Waals surface area contributed by atoms with Crippen LogP contribution >= 0.6 is 15.9 Å². The molecule has 1 N–H and O–H groups in total. The molecule has 90 valence electrons. The van der Waals surface area contributed by atoms with E-state index in [1.54, 1.807) is 0 Å². The van der Waals surface area contributed by atoms with Gasteiger partial charge in [0, 0.05) is 10.5 Å². The lowest BCUT2D eigenvalue weighted by atomic mass is 10.1. The summed E-state index contributed by atoms with van der Waals surface area (Å²) in [4.78, 5) is 0. The Morgan fingerprint density at radius 2 is 2.00 bits per heavy atom. The average Bonchev–Trinajstić information content (AvgIpc) is 2.16. The van der Waals surface area contributed by atoms with Crippen LogP contribution in [0.1, 0.15) is 39.3 Å². The summed E-state index contributed by atoms with van der Waals surface area (Å²) in [6.45, 7) is 7.91. The van der Waals surface area contributed by atoms with Gasteiger partial charge in [-0.1, -0.05) is 28.1 Å². The van der Waals surface area contributed by atoms with E-state index < -0.39 is 11.0 Å². The Bertz CT molecular complexity index is 387. The van der Waals surface area contributed by atoms with Crippen molar-refractivity contribution < 1.29 is 4.21 Å². The molecule has 1 aromatic carbocycles. The van der Waals surface area contributed by atoms with Crippen LogP contribution in [0.15, 0.2) is 28.7 Å². The lowest BCUT2D eigenvalue weighted by Crippen LogP contribution is -2.34. The van der Waals surface area contributed by atoms with E-state index in [-0.39, 0.29) is 10.8 Å². The zero-order valence-corrected chi connectivity index (χ0v) is 12.5. The Labute approximate surface area is 109 Å². The van der Waals surface area contributed by atoms with Gasteiger partial charge in [0.2, 0.25) is 0 Å². The van der Waals surface area contributed by atoms with Crippen LogP contribution < -0.4 is 4.72 Å². The van der Waals surface area contributed by atoms with Crippen LogP contribution in [0.25, 0.3) is 0 Å². The van der Waals surface area contributed by atoms with Gasteiger partial charge in [0.1, 0.15) is 0 Å². The highest BCUT2D eigenvalue weighted by Gasteiger charge is 2.21. The molecule has 0 heterocycles. The third-order valence-corrected chi connectivity index (χ3v) is 4.36. The smallest absolute Gasteiger partial charge is 0.0975 e. The fourth-order valence-electron chi connectivity index (χ4n) is 1.18. The zero-order valence-electron chi connectivity index (χ0n) is 10.1. The Kier molecular flexibility index (Phi) is 4.71. The van der Waals surface area contributed by atoms with Gasteiger partial charge in [-0.25, -0.2) is 8.93 Å². The van der Waals surface area contributed by atoms with Crippen molar-refractivity contribution in [2.24, 2.45) is 0 Å². The van der Waals surface area contributed by atoms with Crippen molar-refractivity contribution in [1.82, 2.24) is 4.72 Å². The highest BCUT2D eigenvalue weighted by molar-refractivity contribution is 9.10. The van der Waals surface area contributed by atoms with Crippen LogP contribution in [0.2, 0.25) is 0 Å². The SMILES string of the molecule is C[C@@H](N[S@](=O)C(C)(C)C)c1cccc(Br)c1. The van der Waals surface area contributed by atoms with Gasteiger partial charge >= 0.3 is 0 Å². The van der Waals surface area contributed by atoms with E-state index in [4.69, 9.17) is 0 Å². The Hall–Kier alpha value is -0.190. The molecule has 0 aliphatic heterocycles. The van der Waals surface area contributed by atoms with Gasteiger partial charge in [-0.3, -0.25) is 0 Å². The van der Waals surface area contributed by atoms with Crippen LogP contribution in [-0.4, -0.2) is 8.96 Å². The molecule has 0 bridgehead atoms. The van der Waals surface area contributed by atoms with E-state index in [9.17, 15) is 4.21 Å². The van der Waals surface area contributed by atoms with Crippen LogP contribution in [0.3, 0.4) is 0 Å². The van der Waals surface area contributed by atoms with Crippen molar-refractivity contribution in [1.29, 1.82) is 0 Å². The first-order chi connectivity index (χ1) is 7.30. The molecule has 2 nitrogen and oxygen atoms in total. The molecule has 0 radical (unpaired) electrons. The van der Waals surface area contributed by atoms with Gasteiger partial charge in [-0.05, 0) is 45.4 Å². The number of nitrogens with one attached hydrogen (secondary N) is 1. The van der Waals surface area contributed by atoms with Crippen molar-refractivity contribution in [2.75, 3.05) is 0 Å². The normalized spacial score (nSPS) is 15.8. The fraction of sp³-hybridized carbons (Fsp3) is 0.500. The minimum Gasteiger partial charge on any atom is -0.242 e. The monoisotopic (exact) mass is 303 g/mol. The van der Waals surface area contributed by atoms with Gasteiger partial charge in [0.25, 0.3) is 0 Å². The molecule has 0 saturated heterocycles. The van der Waals surface area contributed by atoms with Gasteiger partial charge in [0.05, 0.1) is 15.7 Å². The first-order valence-electron chi connectivity index (χ1n) is 5.24. The number of rotatable bonds is 3. The molecule has 0 aromatic heterocycles. The first kappa shape index (κ1) is 13.9. The summed E-state index contributed by atoms with van der Waals surface area (Å²) in [7, 11) is -1.04. The zero-order chi connectivity index (χ0) is 12.3. The maximum atomic E-state index is 11.9. The lowest BCUT2D eigenvalue weighted by molar-refractivity contribution is 0.616. The second kappa shape index (κ2) is 5.43. The molecule has 4 heteroatoms. The molecule has 1 aromatic rings.